The van der Waals surface area contributed by atoms with Crippen molar-refractivity contribution in [2.75, 3.05) is 7.11 Å². The summed E-state index contributed by atoms with van der Waals surface area (Å²) >= 11 is 0. The number of methoxy groups -OCH3 is 1. The van der Waals surface area contributed by atoms with E-state index in [0.717, 1.165) is 11.1 Å². The van der Waals surface area contributed by atoms with Crippen LogP contribution < -0.4 is 4.74 Å². The molecule has 0 aliphatic heterocycles. The molecular formula is C18H21FO2. The lowest BCUT2D eigenvalue weighted by molar-refractivity contribution is 0.0691. The van der Waals surface area contributed by atoms with Gasteiger partial charge in [-0.15, -0.1) is 0 Å². The van der Waals surface area contributed by atoms with Crippen molar-refractivity contribution in [2.24, 2.45) is 0 Å². The second-order valence-electron chi connectivity index (χ2n) is 5.35. The van der Waals surface area contributed by atoms with Crippen molar-refractivity contribution < 1.29 is 14.2 Å². The van der Waals surface area contributed by atoms with Gasteiger partial charge in [-0.2, -0.15) is 0 Å². The molecule has 0 aromatic heterocycles. The number of rotatable bonds is 4. The first-order valence-electron chi connectivity index (χ1n) is 7.07. The Hall–Kier alpha value is -1.87. The Balaban J connectivity index is 2.75. The van der Waals surface area contributed by atoms with Crippen molar-refractivity contribution in [3.05, 3.63) is 64.5 Å². The Labute approximate surface area is 125 Å². The van der Waals surface area contributed by atoms with Gasteiger partial charge in [-0.1, -0.05) is 31.2 Å². The van der Waals surface area contributed by atoms with Gasteiger partial charge in [0.1, 0.15) is 17.2 Å². The third-order valence-corrected chi connectivity index (χ3v) is 3.91. The molecule has 2 aromatic rings. The third-order valence-electron chi connectivity index (χ3n) is 3.91. The van der Waals surface area contributed by atoms with Crippen LogP contribution in [0.5, 0.6) is 5.75 Å². The maximum atomic E-state index is 14.2. The topological polar surface area (TPSA) is 29.5 Å². The van der Waals surface area contributed by atoms with Gasteiger partial charge < -0.3 is 9.84 Å². The first kappa shape index (κ1) is 15.5. The van der Waals surface area contributed by atoms with Gasteiger partial charge in [0.2, 0.25) is 0 Å². The molecule has 0 radical (unpaired) electrons. The van der Waals surface area contributed by atoms with Gasteiger partial charge in [-0.25, -0.2) is 4.39 Å². The standard InChI is InChI=1S/C18H21FO2/c1-5-18(20,14-8-6-7-9-15(14)19)17-13(3)10-12(2)11-16(17)21-4/h6-11,20H,5H2,1-4H3. The molecule has 0 spiro atoms. The molecule has 0 saturated heterocycles. The van der Waals surface area contributed by atoms with E-state index in [4.69, 9.17) is 4.74 Å². The summed E-state index contributed by atoms with van der Waals surface area (Å²) in [7, 11) is 1.56. The normalized spacial score (nSPS) is 13.8. The molecule has 0 aliphatic rings. The molecule has 0 fully saturated rings. The monoisotopic (exact) mass is 288 g/mol. The molecule has 21 heavy (non-hydrogen) atoms. The minimum atomic E-state index is -1.41. The maximum Gasteiger partial charge on any atom is 0.129 e. The summed E-state index contributed by atoms with van der Waals surface area (Å²) in [4.78, 5) is 0. The fourth-order valence-electron chi connectivity index (χ4n) is 2.92. The average Bonchev–Trinajstić information content (AvgIpc) is 2.46. The number of benzene rings is 2. The Morgan fingerprint density at radius 2 is 1.86 bits per heavy atom. The maximum absolute atomic E-state index is 14.2. The van der Waals surface area contributed by atoms with Crippen molar-refractivity contribution in [3.63, 3.8) is 0 Å². The van der Waals surface area contributed by atoms with Crippen molar-refractivity contribution in [1.29, 1.82) is 0 Å². The fourth-order valence-corrected chi connectivity index (χ4v) is 2.92. The SMILES string of the molecule is CCC(O)(c1ccccc1F)c1c(C)cc(C)cc1OC. The first-order chi connectivity index (χ1) is 9.93. The molecule has 112 valence electrons. The van der Waals surface area contributed by atoms with Crippen LogP contribution in [-0.4, -0.2) is 12.2 Å². The summed E-state index contributed by atoms with van der Waals surface area (Å²) in [6, 6.07) is 10.2. The van der Waals surface area contributed by atoms with Gasteiger partial charge >= 0.3 is 0 Å². The molecule has 3 heteroatoms. The molecule has 1 unspecified atom stereocenters. The van der Waals surface area contributed by atoms with Crippen LogP contribution in [0.1, 0.15) is 35.6 Å². The van der Waals surface area contributed by atoms with Crippen LogP contribution in [-0.2, 0) is 5.60 Å². The molecule has 0 amide bonds. The number of ether oxygens (including phenoxy) is 1. The third kappa shape index (κ3) is 2.66. The largest absolute Gasteiger partial charge is 0.496 e. The molecule has 1 atom stereocenters. The summed E-state index contributed by atoms with van der Waals surface area (Å²) < 4.78 is 19.6. The molecule has 0 bridgehead atoms. The first-order valence-corrected chi connectivity index (χ1v) is 7.07. The summed E-state index contributed by atoms with van der Waals surface area (Å²) in [5.74, 6) is 0.170. The van der Waals surface area contributed by atoms with Gasteiger partial charge in [0.25, 0.3) is 0 Å². The van der Waals surface area contributed by atoms with Crippen LogP contribution in [0.25, 0.3) is 0 Å². The zero-order valence-corrected chi connectivity index (χ0v) is 12.9. The van der Waals surface area contributed by atoms with Gasteiger partial charge in [0, 0.05) is 11.1 Å². The summed E-state index contributed by atoms with van der Waals surface area (Å²) in [5, 5.41) is 11.2. The van der Waals surface area contributed by atoms with Gasteiger partial charge in [0.05, 0.1) is 7.11 Å². The van der Waals surface area contributed by atoms with Crippen LogP contribution >= 0.6 is 0 Å². The molecule has 0 aliphatic carbocycles. The van der Waals surface area contributed by atoms with E-state index in [2.05, 4.69) is 0 Å². The predicted octanol–water partition coefficient (Wildman–Crippen LogP) is 4.10. The molecule has 0 heterocycles. The second kappa shape index (κ2) is 5.86. The second-order valence-corrected chi connectivity index (χ2v) is 5.35. The zero-order valence-electron chi connectivity index (χ0n) is 12.9. The molecule has 0 saturated carbocycles. The highest BCUT2D eigenvalue weighted by molar-refractivity contribution is 5.51. The lowest BCUT2D eigenvalue weighted by Crippen LogP contribution is -2.29. The number of hydrogen-bond donors (Lipinski definition) is 1. The van der Waals surface area contributed by atoms with E-state index in [1.54, 1.807) is 25.3 Å². The minimum Gasteiger partial charge on any atom is -0.496 e. The lowest BCUT2D eigenvalue weighted by atomic mass is 9.80. The van der Waals surface area contributed by atoms with E-state index in [-0.39, 0.29) is 5.56 Å². The molecule has 2 nitrogen and oxygen atoms in total. The highest BCUT2D eigenvalue weighted by atomic mass is 19.1. The van der Waals surface area contributed by atoms with Crippen LogP contribution in [0.3, 0.4) is 0 Å². The summed E-state index contributed by atoms with van der Waals surface area (Å²) in [6.07, 6.45) is 0.355. The van der Waals surface area contributed by atoms with Gasteiger partial charge in [0.15, 0.2) is 0 Å². The van der Waals surface area contributed by atoms with Crippen molar-refractivity contribution in [2.45, 2.75) is 32.8 Å². The molecule has 2 aromatic carbocycles. The summed E-state index contributed by atoms with van der Waals surface area (Å²) in [6.45, 7) is 5.71. The van der Waals surface area contributed by atoms with Crippen LogP contribution in [0.4, 0.5) is 4.39 Å². The van der Waals surface area contributed by atoms with E-state index in [0.29, 0.717) is 17.7 Å². The Bertz CT molecular complexity index is 652. The molecular weight excluding hydrogens is 267 g/mol. The molecule has 2 rings (SSSR count). The van der Waals surface area contributed by atoms with E-state index in [9.17, 15) is 9.50 Å². The minimum absolute atomic E-state index is 0.276. The number of halogens is 1. The van der Waals surface area contributed by atoms with Crippen molar-refractivity contribution >= 4 is 0 Å². The zero-order chi connectivity index (χ0) is 15.6. The Morgan fingerprint density at radius 3 is 2.43 bits per heavy atom. The number of aliphatic hydroxyl groups is 1. The van der Waals surface area contributed by atoms with Crippen molar-refractivity contribution in [3.8, 4) is 5.75 Å². The number of aryl methyl sites for hydroxylation is 2. The van der Waals surface area contributed by atoms with Crippen LogP contribution in [0.2, 0.25) is 0 Å². The Kier molecular flexibility index (Phi) is 4.33. The van der Waals surface area contributed by atoms with Gasteiger partial charge in [-0.3, -0.25) is 0 Å². The quantitative estimate of drug-likeness (QED) is 0.918. The van der Waals surface area contributed by atoms with Crippen molar-refractivity contribution in [1.82, 2.24) is 0 Å². The van der Waals surface area contributed by atoms with E-state index < -0.39 is 11.4 Å². The van der Waals surface area contributed by atoms with E-state index in [1.807, 2.05) is 32.9 Å². The predicted molar refractivity (Wildman–Crippen MR) is 82.2 cm³/mol. The van der Waals surface area contributed by atoms with Crippen LogP contribution in [0, 0.1) is 19.7 Å². The molecule has 1 N–H and O–H groups in total. The fraction of sp³-hybridized carbons (Fsp3) is 0.333. The summed E-state index contributed by atoms with van der Waals surface area (Å²) in [5.41, 5.74) is 1.43. The van der Waals surface area contributed by atoms with E-state index >= 15 is 0 Å². The Morgan fingerprint density at radius 1 is 1.19 bits per heavy atom. The smallest absolute Gasteiger partial charge is 0.129 e. The lowest BCUT2D eigenvalue weighted by Gasteiger charge is -2.31. The van der Waals surface area contributed by atoms with Crippen LogP contribution in [0.15, 0.2) is 36.4 Å². The highest BCUT2D eigenvalue weighted by Crippen LogP contribution is 2.41. The highest BCUT2D eigenvalue weighted by Gasteiger charge is 2.36. The average molecular weight is 288 g/mol. The van der Waals surface area contributed by atoms with Gasteiger partial charge in [-0.05, 0) is 43.5 Å². The van der Waals surface area contributed by atoms with E-state index in [1.165, 1.54) is 6.07 Å². The number of hydrogen-bond acceptors (Lipinski definition) is 2.